The summed E-state index contributed by atoms with van der Waals surface area (Å²) in [6.45, 7) is 2.50. The fraction of sp³-hybridized carbons (Fsp3) is 0.600. The first-order chi connectivity index (χ1) is 6.65. The Morgan fingerprint density at radius 3 is 2.79 bits per heavy atom. The van der Waals surface area contributed by atoms with Crippen LogP contribution in [0.25, 0.3) is 0 Å². The van der Waals surface area contributed by atoms with Gasteiger partial charge in [-0.1, -0.05) is 6.08 Å². The molecule has 0 N–H and O–H groups in total. The van der Waals surface area contributed by atoms with E-state index in [2.05, 4.69) is 22.6 Å². The van der Waals surface area contributed by atoms with E-state index in [1.165, 1.54) is 0 Å². The zero-order valence-corrected chi connectivity index (χ0v) is 9.98. The molecule has 14 heavy (non-hydrogen) atoms. The van der Waals surface area contributed by atoms with Gasteiger partial charge in [-0.3, -0.25) is 9.59 Å². The SMILES string of the molecule is CCO[C@H]1C[C@H]2C=C(I)[C@@H]1C(=O)C2=O. The molecule has 0 spiro atoms. The number of hydrogen-bond donors (Lipinski definition) is 0. The zero-order valence-electron chi connectivity index (χ0n) is 7.83. The van der Waals surface area contributed by atoms with Crippen molar-refractivity contribution >= 4 is 34.2 Å². The van der Waals surface area contributed by atoms with E-state index in [0.29, 0.717) is 13.0 Å². The zero-order chi connectivity index (χ0) is 10.3. The van der Waals surface area contributed by atoms with Gasteiger partial charge in [-0.2, -0.15) is 0 Å². The number of ether oxygens (including phenoxy) is 1. The number of fused-ring (bicyclic) bond motifs is 2. The van der Waals surface area contributed by atoms with Crippen LogP contribution in [0.1, 0.15) is 13.3 Å². The maximum atomic E-state index is 11.6. The number of carbonyl (C=O) groups is 2. The Morgan fingerprint density at radius 2 is 2.21 bits per heavy atom. The molecule has 4 heteroatoms. The molecule has 0 unspecified atom stereocenters. The number of Topliss-reactive ketones (excluding diaryl/α,β-unsaturated/α-hetero) is 2. The highest BCUT2D eigenvalue weighted by Gasteiger charge is 2.48. The van der Waals surface area contributed by atoms with Crippen LogP contribution in [0.15, 0.2) is 9.66 Å². The number of hydrogen-bond acceptors (Lipinski definition) is 3. The predicted octanol–water partition coefficient (Wildman–Crippen LogP) is 1.50. The summed E-state index contributed by atoms with van der Waals surface area (Å²) in [5.74, 6) is -1.03. The van der Waals surface area contributed by atoms with Gasteiger partial charge in [0.25, 0.3) is 0 Å². The topological polar surface area (TPSA) is 43.4 Å². The molecule has 76 valence electrons. The second kappa shape index (κ2) is 3.73. The molecule has 1 fully saturated rings. The van der Waals surface area contributed by atoms with Crippen molar-refractivity contribution in [2.75, 3.05) is 6.61 Å². The minimum Gasteiger partial charge on any atom is -0.377 e. The van der Waals surface area contributed by atoms with Gasteiger partial charge in [0.15, 0.2) is 0 Å². The summed E-state index contributed by atoms with van der Waals surface area (Å²) in [6.07, 6.45) is 2.51. The second-order valence-corrected chi connectivity index (χ2v) is 4.84. The van der Waals surface area contributed by atoms with Crippen molar-refractivity contribution in [3.63, 3.8) is 0 Å². The molecule has 0 aromatic rings. The molecule has 0 radical (unpaired) electrons. The van der Waals surface area contributed by atoms with Crippen molar-refractivity contribution in [2.45, 2.75) is 19.4 Å². The highest BCUT2D eigenvalue weighted by Crippen LogP contribution is 2.41. The van der Waals surface area contributed by atoms with E-state index in [1.54, 1.807) is 0 Å². The summed E-state index contributed by atoms with van der Waals surface area (Å²) in [7, 11) is 0. The lowest BCUT2D eigenvalue weighted by atomic mass is 9.72. The molecule has 3 aliphatic carbocycles. The van der Waals surface area contributed by atoms with Gasteiger partial charge in [-0.15, -0.1) is 0 Å². The maximum absolute atomic E-state index is 11.6. The number of rotatable bonds is 2. The van der Waals surface area contributed by atoms with E-state index >= 15 is 0 Å². The Hall–Kier alpha value is -0.230. The Bertz CT molecular complexity index is 321. The van der Waals surface area contributed by atoms with Gasteiger partial charge < -0.3 is 4.74 Å². The van der Waals surface area contributed by atoms with Gasteiger partial charge in [0.1, 0.15) is 0 Å². The third-order valence-corrected chi connectivity index (χ3v) is 3.79. The summed E-state index contributed by atoms with van der Waals surface area (Å²) in [4.78, 5) is 23.0. The number of halogens is 1. The van der Waals surface area contributed by atoms with Crippen LogP contribution in [0.2, 0.25) is 0 Å². The summed E-state index contributed by atoms with van der Waals surface area (Å²) in [6, 6.07) is 0. The Kier molecular flexibility index (Phi) is 2.74. The first-order valence-corrected chi connectivity index (χ1v) is 5.80. The minimum absolute atomic E-state index is 0.0768. The van der Waals surface area contributed by atoms with Crippen molar-refractivity contribution < 1.29 is 14.3 Å². The van der Waals surface area contributed by atoms with Crippen LogP contribution < -0.4 is 0 Å². The lowest BCUT2D eigenvalue weighted by Crippen LogP contribution is -2.48. The molecule has 3 atom stereocenters. The average Bonchev–Trinajstić information content (AvgIpc) is 2.13. The molecule has 2 bridgehead atoms. The van der Waals surface area contributed by atoms with Gasteiger partial charge in [-0.25, -0.2) is 0 Å². The monoisotopic (exact) mass is 306 g/mol. The van der Waals surface area contributed by atoms with E-state index in [4.69, 9.17) is 4.74 Å². The molecule has 0 aliphatic heterocycles. The molecule has 0 saturated heterocycles. The van der Waals surface area contributed by atoms with E-state index in [9.17, 15) is 9.59 Å². The maximum Gasteiger partial charge on any atom is 0.209 e. The van der Waals surface area contributed by atoms with Crippen LogP contribution in [0.3, 0.4) is 0 Å². The number of ketones is 2. The van der Waals surface area contributed by atoms with Gasteiger partial charge in [0.05, 0.1) is 12.0 Å². The Morgan fingerprint density at radius 1 is 1.50 bits per heavy atom. The van der Waals surface area contributed by atoms with Crippen molar-refractivity contribution in [1.82, 2.24) is 0 Å². The van der Waals surface area contributed by atoms with Crippen LogP contribution in [0.5, 0.6) is 0 Å². The smallest absolute Gasteiger partial charge is 0.209 e. The van der Waals surface area contributed by atoms with Crippen LogP contribution >= 0.6 is 22.6 Å². The molecule has 3 aliphatic rings. The minimum atomic E-state index is -0.312. The molecule has 1 saturated carbocycles. The van der Waals surface area contributed by atoms with Crippen LogP contribution in [0.4, 0.5) is 0 Å². The average molecular weight is 306 g/mol. The van der Waals surface area contributed by atoms with E-state index < -0.39 is 0 Å². The van der Waals surface area contributed by atoms with Crippen molar-refractivity contribution in [2.24, 2.45) is 11.8 Å². The highest BCUT2D eigenvalue weighted by molar-refractivity contribution is 14.1. The van der Waals surface area contributed by atoms with Gasteiger partial charge >= 0.3 is 0 Å². The molecule has 0 heterocycles. The van der Waals surface area contributed by atoms with Crippen molar-refractivity contribution in [3.05, 3.63) is 9.66 Å². The fourth-order valence-electron chi connectivity index (χ4n) is 2.12. The third kappa shape index (κ3) is 1.44. The molecule has 3 rings (SSSR count). The molecular formula is C10H11IO3. The summed E-state index contributed by atoms with van der Waals surface area (Å²) in [5.41, 5.74) is 0. The standard InChI is InChI=1S/C10H11IO3/c1-2-14-7-4-5-3-6(11)8(7)10(13)9(5)12/h3,5,7-8H,2,4H2,1H3/t5-,7+,8+/m1/s1. The lowest BCUT2D eigenvalue weighted by molar-refractivity contribution is -0.148. The fourth-order valence-corrected chi connectivity index (χ4v) is 3.24. The lowest BCUT2D eigenvalue weighted by Gasteiger charge is -2.37. The summed E-state index contributed by atoms with van der Waals surface area (Å²) < 4.78 is 6.46. The quantitative estimate of drug-likeness (QED) is 0.573. The number of carbonyl (C=O) groups excluding carboxylic acids is 2. The molecule has 0 aromatic heterocycles. The molecular weight excluding hydrogens is 295 g/mol. The molecule has 0 amide bonds. The first-order valence-electron chi connectivity index (χ1n) is 4.72. The van der Waals surface area contributed by atoms with Gasteiger partial charge in [-0.05, 0) is 35.9 Å². The van der Waals surface area contributed by atoms with E-state index in [-0.39, 0.29) is 29.5 Å². The molecule has 0 aromatic carbocycles. The summed E-state index contributed by atoms with van der Waals surface area (Å²) in [5, 5.41) is 0. The Balaban J connectivity index is 2.30. The van der Waals surface area contributed by atoms with Crippen LogP contribution in [-0.4, -0.2) is 24.3 Å². The predicted molar refractivity (Wildman–Crippen MR) is 59.1 cm³/mol. The number of allylic oxidation sites excluding steroid dienone is 1. The highest BCUT2D eigenvalue weighted by atomic mass is 127. The second-order valence-electron chi connectivity index (χ2n) is 3.59. The van der Waals surface area contributed by atoms with Crippen molar-refractivity contribution in [1.29, 1.82) is 0 Å². The van der Waals surface area contributed by atoms with Gasteiger partial charge in [0, 0.05) is 16.1 Å². The van der Waals surface area contributed by atoms with Crippen molar-refractivity contribution in [3.8, 4) is 0 Å². The first kappa shape index (κ1) is 10.3. The largest absolute Gasteiger partial charge is 0.377 e. The normalized spacial score (nSPS) is 36.1. The van der Waals surface area contributed by atoms with Crippen LogP contribution in [-0.2, 0) is 14.3 Å². The van der Waals surface area contributed by atoms with E-state index in [0.717, 1.165) is 3.58 Å². The van der Waals surface area contributed by atoms with E-state index in [1.807, 2.05) is 13.0 Å². The third-order valence-electron chi connectivity index (χ3n) is 2.76. The molecule has 3 nitrogen and oxygen atoms in total. The van der Waals surface area contributed by atoms with Gasteiger partial charge in [0.2, 0.25) is 11.6 Å². The van der Waals surface area contributed by atoms with Crippen LogP contribution in [0, 0.1) is 11.8 Å². The summed E-state index contributed by atoms with van der Waals surface area (Å²) >= 11 is 2.14. The Labute approximate surface area is 96.0 Å².